The summed E-state index contributed by atoms with van der Waals surface area (Å²) in [6.07, 6.45) is 0. The first-order valence-electron chi connectivity index (χ1n) is 16.9. The molecule has 0 N–H and O–H groups in total. The van der Waals surface area contributed by atoms with E-state index in [2.05, 4.69) is 58.7 Å². The van der Waals surface area contributed by atoms with Crippen LogP contribution in [0.2, 0.25) is 0 Å². The van der Waals surface area contributed by atoms with Crippen LogP contribution in [0.3, 0.4) is 0 Å². The first-order chi connectivity index (χ1) is 25.0. The molecule has 0 aliphatic rings. The van der Waals surface area contributed by atoms with E-state index in [0.29, 0.717) is 34.1 Å². The summed E-state index contributed by atoms with van der Waals surface area (Å²) in [5, 5.41) is 14.0. The Balaban J connectivity index is 1.59. The number of ether oxygens (including phenoxy) is 2. The Morgan fingerprint density at radius 3 is 1.76 bits per heavy atom. The van der Waals surface area contributed by atoms with Crippen LogP contribution in [0.4, 0.5) is 0 Å². The summed E-state index contributed by atoms with van der Waals surface area (Å²) in [6.45, 7) is 5.70. The fourth-order valence-corrected chi connectivity index (χ4v) is 7.05. The quantitative estimate of drug-likeness (QED) is 0.106. The predicted molar refractivity (Wildman–Crippen MR) is 199 cm³/mol. The lowest BCUT2D eigenvalue weighted by Crippen LogP contribution is -2.39. The minimum atomic E-state index is -0.968. The van der Waals surface area contributed by atoms with Crippen LogP contribution in [0.15, 0.2) is 140 Å². The van der Waals surface area contributed by atoms with E-state index in [9.17, 15) is 4.79 Å². The van der Waals surface area contributed by atoms with Gasteiger partial charge in [-0.05, 0) is 70.6 Å². The molecule has 0 spiro atoms. The normalized spacial score (nSPS) is 11.3. The zero-order valence-corrected chi connectivity index (χ0v) is 28.9. The number of aryl methyl sites for hydroxylation is 2. The van der Waals surface area contributed by atoms with Crippen LogP contribution < -0.4 is 4.74 Å². The number of aromatic nitrogens is 5. The molecule has 0 aliphatic carbocycles. The van der Waals surface area contributed by atoms with E-state index in [0.717, 1.165) is 38.9 Å². The Morgan fingerprint density at radius 1 is 0.686 bits per heavy atom. The summed E-state index contributed by atoms with van der Waals surface area (Å²) in [6, 6.07) is 47.1. The maximum absolute atomic E-state index is 13.5. The highest BCUT2D eigenvalue weighted by Gasteiger charge is 2.42. The SMILES string of the molecule is CCOC(=O)c1c(C)nc(C)c(OC)c1-c1ccc(-c2ccccc2)c(-c2nnnn2C(c2ccccc2)(c2ccccc2)c2ccccc2)c1. The number of esters is 1. The van der Waals surface area contributed by atoms with Gasteiger partial charge in [0.15, 0.2) is 5.82 Å². The van der Waals surface area contributed by atoms with Crippen LogP contribution in [0.25, 0.3) is 33.6 Å². The Morgan fingerprint density at radius 2 is 1.24 bits per heavy atom. The van der Waals surface area contributed by atoms with E-state index >= 15 is 0 Å². The Bertz CT molecular complexity index is 2190. The van der Waals surface area contributed by atoms with Crippen LogP contribution >= 0.6 is 0 Å². The van der Waals surface area contributed by atoms with Crippen molar-refractivity contribution >= 4 is 5.97 Å². The van der Waals surface area contributed by atoms with Crippen molar-refractivity contribution in [2.75, 3.05) is 13.7 Å². The first kappa shape index (κ1) is 33.1. The number of carbonyl (C=O) groups is 1. The van der Waals surface area contributed by atoms with E-state index in [1.807, 2.05) is 110 Å². The molecule has 0 aliphatic heterocycles. The van der Waals surface area contributed by atoms with Crippen molar-refractivity contribution in [2.24, 2.45) is 0 Å². The number of pyridine rings is 1. The molecule has 7 rings (SSSR count). The van der Waals surface area contributed by atoms with E-state index in [-0.39, 0.29) is 6.61 Å². The maximum Gasteiger partial charge on any atom is 0.340 e. The van der Waals surface area contributed by atoms with E-state index in [1.54, 1.807) is 14.0 Å². The number of benzene rings is 5. The van der Waals surface area contributed by atoms with Gasteiger partial charge in [0.1, 0.15) is 11.3 Å². The average Bonchev–Trinajstić information content (AvgIpc) is 3.66. The average molecular weight is 672 g/mol. The molecule has 252 valence electrons. The van der Waals surface area contributed by atoms with Crippen LogP contribution in [-0.4, -0.2) is 44.9 Å². The Labute approximate surface area is 297 Å². The zero-order chi connectivity index (χ0) is 35.4. The topological polar surface area (TPSA) is 92.0 Å². The highest BCUT2D eigenvalue weighted by Crippen LogP contribution is 2.45. The maximum atomic E-state index is 13.5. The van der Waals surface area contributed by atoms with E-state index in [4.69, 9.17) is 19.8 Å². The van der Waals surface area contributed by atoms with Crippen molar-refractivity contribution in [1.82, 2.24) is 25.2 Å². The highest BCUT2D eigenvalue weighted by atomic mass is 16.5. The molecule has 0 bridgehead atoms. The van der Waals surface area contributed by atoms with Crippen LogP contribution in [0.1, 0.15) is 45.4 Å². The van der Waals surface area contributed by atoms with Crippen molar-refractivity contribution < 1.29 is 14.3 Å². The second-order valence-electron chi connectivity index (χ2n) is 12.1. The summed E-state index contributed by atoms with van der Waals surface area (Å²) in [5.74, 6) is 0.561. The Hall–Kier alpha value is -6.41. The second-order valence-corrected chi connectivity index (χ2v) is 12.1. The fourth-order valence-electron chi connectivity index (χ4n) is 7.05. The zero-order valence-electron chi connectivity index (χ0n) is 28.9. The van der Waals surface area contributed by atoms with Crippen LogP contribution in [-0.2, 0) is 10.3 Å². The van der Waals surface area contributed by atoms with Gasteiger partial charge in [-0.25, -0.2) is 9.48 Å². The number of methoxy groups -OCH3 is 1. The number of rotatable bonds is 10. The van der Waals surface area contributed by atoms with Crippen LogP contribution in [0, 0.1) is 13.8 Å². The van der Waals surface area contributed by atoms with Crippen LogP contribution in [0.5, 0.6) is 5.75 Å². The number of nitrogens with zero attached hydrogens (tertiary/aromatic N) is 5. The lowest BCUT2D eigenvalue weighted by molar-refractivity contribution is 0.0525. The predicted octanol–water partition coefficient (Wildman–Crippen LogP) is 8.71. The molecular formula is C43H37N5O3. The molecule has 2 aromatic heterocycles. The molecular weight excluding hydrogens is 635 g/mol. The Kier molecular flexibility index (Phi) is 9.22. The largest absolute Gasteiger partial charge is 0.494 e. The van der Waals surface area contributed by atoms with Gasteiger partial charge in [-0.1, -0.05) is 133 Å². The molecule has 5 aromatic carbocycles. The monoisotopic (exact) mass is 671 g/mol. The minimum Gasteiger partial charge on any atom is -0.494 e. The fraction of sp³-hybridized carbons (Fsp3) is 0.140. The molecule has 51 heavy (non-hydrogen) atoms. The molecule has 0 atom stereocenters. The third kappa shape index (κ3) is 5.84. The number of hydrogen-bond donors (Lipinski definition) is 0. The summed E-state index contributed by atoms with van der Waals surface area (Å²) in [5.41, 5.74) is 7.55. The first-order valence-corrected chi connectivity index (χ1v) is 16.9. The minimum absolute atomic E-state index is 0.224. The third-order valence-corrected chi connectivity index (χ3v) is 9.18. The number of carbonyl (C=O) groups excluding carboxylic acids is 1. The summed E-state index contributed by atoms with van der Waals surface area (Å²) in [7, 11) is 1.59. The molecule has 0 amide bonds. The second kappa shape index (κ2) is 14.2. The van der Waals surface area contributed by atoms with Crippen molar-refractivity contribution in [3.8, 4) is 39.4 Å². The molecule has 7 aromatic rings. The van der Waals surface area contributed by atoms with Crippen molar-refractivity contribution in [3.05, 3.63) is 173 Å². The third-order valence-electron chi connectivity index (χ3n) is 9.18. The molecule has 0 saturated heterocycles. The van der Waals surface area contributed by atoms with Crippen molar-refractivity contribution in [1.29, 1.82) is 0 Å². The molecule has 0 saturated carbocycles. The molecule has 0 unspecified atom stereocenters. The molecule has 8 heteroatoms. The molecule has 0 fully saturated rings. The lowest BCUT2D eigenvalue weighted by atomic mass is 9.76. The number of hydrogen-bond acceptors (Lipinski definition) is 7. The van der Waals surface area contributed by atoms with Gasteiger partial charge in [0.2, 0.25) is 0 Å². The van der Waals surface area contributed by atoms with Gasteiger partial charge in [-0.15, -0.1) is 5.10 Å². The smallest absolute Gasteiger partial charge is 0.340 e. The van der Waals surface area contributed by atoms with Crippen molar-refractivity contribution in [3.63, 3.8) is 0 Å². The molecule has 0 radical (unpaired) electrons. The van der Waals surface area contributed by atoms with Gasteiger partial charge >= 0.3 is 5.97 Å². The lowest BCUT2D eigenvalue weighted by Gasteiger charge is -2.36. The van der Waals surface area contributed by atoms with Gasteiger partial charge < -0.3 is 9.47 Å². The van der Waals surface area contributed by atoms with Gasteiger partial charge in [0.25, 0.3) is 0 Å². The standard InChI is InChI=1S/C43H37N5O3/c1-5-51-42(49)38-29(2)44-30(3)40(50-4)39(38)32-26-27-36(31-18-10-6-11-19-31)37(28-32)41-45-46-47-48(41)43(33-20-12-7-13-21-33,34-22-14-8-15-23-34)35-24-16-9-17-25-35/h6-28H,5H2,1-4H3. The summed E-state index contributed by atoms with van der Waals surface area (Å²) in [4.78, 5) is 18.2. The van der Waals surface area contributed by atoms with Gasteiger partial charge in [0.05, 0.1) is 30.7 Å². The van der Waals surface area contributed by atoms with Gasteiger partial charge in [-0.3, -0.25) is 4.98 Å². The van der Waals surface area contributed by atoms with E-state index < -0.39 is 11.5 Å². The number of tetrazole rings is 1. The van der Waals surface area contributed by atoms with Gasteiger partial charge in [0, 0.05) is 11.1 Å². The summed E-state index contributed by atoms with van der Waals surface area (Å²) < 4.78 is 13.4. The highest BCUT2D eigenvalue weighted by molar-refractivity contribution is 6.01. The molecule has 2 heterocycles. The van der Waals surface area contributed by atoms with E-state index in [1.165, 1.54) is 0 Å². The van der Waals surface area contributed by atoms with Crippen molar-refractivity contribution in [2.45, 2.75) is 26.3 Å². The summed E-state index contributed by atoms with van der Waals surface area (Å²) >= 11 is 0. The molecule has 8 nitrogen and oxygen atoms in total. The van der Waals surface area contributed by atoms with Gasteiger partial charge in [-0.2, -0.15) is 0 Å².